The van der Waals surface area contributed by atoms with E-state index in [0.29, 0.717) is 17.4 Å². The Balaban J connectivity index is 2.03. The van der Waals surface area contributed by atoms with Gasteiger partial charge in [-0.25, -0.2) is 9.89 Å². The molecule has 128 valence electrons. The van der Waals surface area contributed by atoms with Gasteiger partial charge in [-0.3, -0.25) is 19.5 Å². The number of amides is 1. The Bertz CT molecular complexity index is 814. The van der Waals surface area contributed by atoms with Gasteiger partial charge in [-0.2, -0.15) is 0 Å². The van der Waals surface area contributed by atoms with Crippen molar-refractivity contribution in [1.29, 1.82) is 0 Å². The molecule has 0 unspecified atom stereocenters. The maximum Gasteiger partial charge on any atom is 0.343 e. The van der Waals surface area contributed by atoms with Crippen LogP contribution in [0.15, 0.2) is 28.2 Å². The molecule has 10 heteroatoms. The predicted octanol–water partition coefficient (Wildman–Crippen LogP) is 1.93. The normalized spacial score (nSPS) is 10.6. The Morgan fingerprint density at radius 3 is 2.92 bits per heavy atom. The van der Waals surface area contributed by atoms with Crippen LogP contribution in [-0.2, 0) is 11.3 Å². The minimum atomic E-state index is -0.517. The van der Waals surface area contributed by atoms with E-state index in [1.165, 1.54) is 16.7 Å². The van der Waals surface area contributed by atoms with E-state index < -0.39 is 4.92 Å². The molecule has 0 spiro atoms. The summed E-state index contributed by atoms with van der Waals surface area (Å²) >= 11 is 1.13. The van der Waals surface area contributed by atoms with Gasteiger partial charge in [0.2, 0.25) is 5.91 Å². The van der Waals surface area contributed by atoms with Gasteiger partial charge < -0.3 is 5.32 Å². The third-order valence-corrected chi connectivity index (χ3v) is 4.19. The van der Waals surface area contributed by atoms with Crippen LogP contribution in [-0.4, -0.2) is 31.3 Å². The van der Waals surface area contributed by atoms with Crippen LogP contribution in [0, 0.1) is 17.0 Å². The number of non-ortho nitro benzene ring substituents is 1. The van der Waals surface area contributed by atoms with E-state index >= 15 is 0 Å². The fraction of sp³-hybridized carbons (Fsp3) is 0.357. The summed E-state index contributed by atoms with van der Waals surface area (Å²) < 4.78 is 1.47. The molecule has 1 amide bonds. The first-order valence-electron chi connectivity index (χ1n) is 7.25. The smallest absolute Gasteiger partial charge is 0.325 e. The molecule has 0 fully saturated rings. The lowest BCUT2D eigenvalue weighted by atomic mass is 10.2. The lowest BCUT2D eigenvalue weighted by molar-refractivity contribution is -0.384. The summed E-state index contributed by atoms with van der Waals surface area (Å²) in [4.78, 5) is 33.9. The zero-order valence-electron chi connectivity index (χ0n) is 13.2. The Labute approximate surface area is 141 Å². The molecule has 0 radical (unpaired) electrons. The van der Waals surface area contributed by atoms with Gasteiger partial charge in [0.15, 0.2) is 5.16 Å². The van der Waals surface area contributed by atoms with Crippen LogP contribution < -0.4 is 11.0 Å². The highest BCUT2D eigenvalue weighted by Crippen LogP contribution is 2.22. The third-order valence-electron chi connectivity index (χ3n) is 3.21. The summed E-state index contributed by atoms with van der Waals surface area (Å²) in [5, 5.41) is 20.1. The van der Waals surface area contributed by atoms with Crippen LogP contribution in [0.4, 0.5) is 11.4 Å². The SMILES string of the molecule is CCCn1c(SCC(=O)Nc2cc([N+](=O)[O-])ccc2C)n[nH]c1=O. The van der Waals surface area contributed by atoms with Crippen molar-refractivity contribution in [3.05, 3.63) is 44.4 Å². The van der Waals surface area contributed by atoms with Gasteiger partial charge in [-0.15, -0.1) is 5.10 Å². The van der Waals surface area contributed by atoms with E-state index in [9.17, 15) is 19.7 Å². The number of nitrogens with zero attached hydrogens (tertiary/aromatic N) is 3. The number of aromatic nitrogens is 3. The number of nitro benzene ring substituents is 1. The number of H-pyrrole nitrogens is 1. The molecule has 0 saturated carbocycles. The van der Waals surface area contributed by atoms with Crippen molar-refractivity contribution in [2.24, 2.45) is 0 Å². The number of anilines is 1. The summed E-state index contributed by atoms with van der Waals surface area (Å²) in [5.74, 6) is -0.294. The van der Waals surface area contributed by atoms with Crippen molar-refractivity contribution in [2.45, 2.75) is 32.0 Å². The van der Waals surface area contributed by atoms with Crippen LogP contribution in [0.2, 0.25) is 0 Å². The second kappa shape index (κ2) is 7.77. The van der Waals surface area contributed by atoms with Gasteiger partial charge in [-0.05, 0) is 18.9 Å². The molecule has 1 aromatic heterocycles. The van der Waals surface area contributed by atoms with Crippen LogP contribution >= 0.6 is 11.8 Å². The second-order valence-electron chi connectivity index (χ2n) is 5.06. The van der Waals surface area contributed by atoms with E-state index in [1.807, 2.05) is 6.92 Å². The first kappa shape index (κ1) is 17.7. The van der Waals surface area contributed by atoms with Crippen molar-refractivity contribution in [1.82, 2.24) is 14.8 Å². The van der Waals surface area contributed by atoms with Crippen molar-refractivity contribution >= 4 is 29.0 Å². The predicted molar refractivity (Wildman–Crippen MR) is 90.3 cm³/mol. The second-order valence-corrected chi connectivity index (χ2v) is 6.00. The van der Waals surface area contributed by atoms with Crippen molar-refractivity contribution in [3.63, 3.8) is 0 Å². The van der Waals surface area contributed by atoms with Crippen LogP contribution in [0.5, 0.6) is 0 Å². The molecule has 0 aliphatic carbocycles. The lowest BCUT2D eigenvalue weighted by Crippen LogP contribution is -2.19. The molecule has 1 heterocycles. The fourth-order valence-corrected chi connectivity index (χ4v) is 2.78. The average molecular weight is 351 g/mol. The molecule has 0 aliphatic heterocycles. The summed E-state index contributed by atoms with van der Waals surface area (Å²) in [5.41, 5.74) is 0.714. The minimum Gasteiger partial charge on any atom is -0.325 e. The number of hydrogen-bond donors (Lipinski definition) is 2. The molecule has 0 aliphatic rings. The van der Waals surface area contributed by atoms with Gasteiger partial charge in [0.05, 0.1) is 16.4 Å². The quantitative estimate of drug-likeness (QED) is 0.446. The van der Waals surface area contributed by atoms with Crippen molar-refractivity contribution in [3.8, 4) is 0 Å². The number of hydrogen-bond acceptors (Lipinski definition) is 6. The standard InChI is InChI=1S/C14H17N5O4S/c1-3-6-18-13(21)16-17-14(18)24-8-12(20)15-11-7-10(19(22)23)5-4-9(11)2/h4-5,7H,3,6,8H2,1-2H3,(H,15,20)(H,16,21). The Hall–Kier alpha value is -2.62. The number of carbonyl (C=O) groups is 1. The fourth-order valence-electron chi connectivity index (χ4n) is 2.01. The molecular formula is C14H17N5O4S. The van der Waals surface area contributed by atoms with Crippen LogP contribution in [0.25, 0.3) is 0 Å². The first-order chi connectivity index (χ1) is 11.4. The van der Waals surface area contributed by atoms with E-state index in [-0.39, 0.29) is 23.0 Å². The average Bonchev–Trinajstić information content (AvgIpc) is 2.88. The zero-order chi connectivity index (χ0) is 17.7. The highest BCUT2D eigenvalue weighted by atomic mass is 32.2. The summed E-state index contributed by atoms with van der Waals surface area (Å²) in [6, 6.07) is 4.28. The van der Waals surface area contributed by atoms with E-state index in [4.69, 9.17) is 0 Å². The van der Waals surface area contributed by atoms with Crippen LogP contribution in [0.3, 0.4) is 0 Å². The molecule has 2 rings (SSSR count). The lowest BCUT2D eigenvalue weighted by Gasteiger charge is -2.08. The molecular weight excluding hydrogens is 334 g/mol. The molecule has 0 saturated heterocycles. The molecule has 0 atom stereocenters. The maximum atomic E-state index is 12.1. The van der Waals surface area contributed by atoms with Gasteiger partial charge in [0.1, 0.15) is 0 Å². The van der Waals surface area contributed by atoms with E-state index in [1.54, 1.807) is 13.0 Å². The van der Waals surface area contributed by atoms with E-state index in [0.717, 1.165) is 23.7 Å². The van der Waals surface area contributed by atoms with Crippen molar-refractivity contribution in [2.75, 3.05) is 11.1 Å². The number of carbonyl (C=O) groups excluding carboxylic acids is 1. The molecule has 1 aromatic carbocycles. The van der Waals surface area contributed by atoms with Crippen LogP contribution in [0.1, 0.15) is 18.9 Å². The first-order valence-corrected chi connectivity index (χ1v) is 8.23. The number of nitrogens with one attached hydrogen (secondary N) is 2. The third kappa shape index (κ3) is 4.22. The maximum absolute atomic E-state index is 12.1. The number of aromatic amines is 1. The summed E-state index contributed by atoms with van der Waals surface area (Å²) in [6.07, 6.45) is 0.770. The zero-order valence-corrected chi connectivity index (χ0v) is 14.1. The number of aryl methyl sites for hydroxylation is 1. The Morgan fingerprint density at radius 1 is 1.50 bits per heavy atom. The van der Waals surface area contributed by atoms with Gasteiger partial charge in [-0.1, -0.05) is 24.8 Å². The van der Waals surface area contributed by atoms with Gasteiger partial charge in [0, 0.05) is 18.7 Å². The largest absolute Gasteiger partial charge is 0.343 e. The van der Waals surface area contributed by atoms with Crippen molar-refractivity contribution < 1.29 is 9.72 Å². The highest BCUT2D eigenvalue weighted by Gasteiger charge is 2.13. The Kier molecular flexibility index (Phi) is 5.74. The minimum absolute atomic E-state index is 0.0378. The summed E-state index contributed by atoms with van der Waals surface area (Å²) in [6.45, 7) is 4.20. The molecule has 0 bridgehead atoms. The van der Waals surface area contributed by atoms with E-state index in [2.05, 4.69) is 15.5 Å². The molecule has 9 nitrogen and oxygen atoms in total. The number of nitro groups is 1. The number of thioether (sulfide) groups is 1. The number of rotatable bonds is 7. The monoisotopic (exact) mass is 351 g/mol. The van der Waals surface area contributed by atoms with Gasteiger partial charge in [0.25, 0.3) is 5.69 Å². The highest BCUT2D eigenvalue weighted by molar-refractivity contribution is 7.99. The Morgan fingerprint density at radius 2 is 2.25 bits per heavy atom. The summed E-state index contributed by atoms with van der Waals surface area (Å²) in [7, 11) is 0. The topological polar surface area (TPSA) is 123 Å². The van der Waals surface area contributed by atoms with Gasteiger partial charge >= 0.3 is 5.69 Å². The number of benzene rings is 1. The molecule has 2 N–H and O–H groups in total. The molecule has 2 aromatic rings. The molecule has 24 heavy (non-hydrogen) atoms.